The molecule has 2 N–H and O–H groups in total. The van der Waals surface area contributed by atoms with Gasteiger partial charge >= 0.3 is 0 Å². The molecule has 2 unspecified atom stereocenters. The highest BCUT2D eigenvalue weighted by atomic mass is 16.1. The summed E-state index contributed by atoms with van der Waals surface area (Å²) in [4.78, 5) is 12.2. The molecule has 5 heteroatoms. The number of carbonyl (C=O) groups excluding carboxylic acids is 1. The second-order valence-electron chi connectivity index (χ2n) is 7.08. The van der Waals surface area contributed by atoms with Gasteiger partial charge in [0.15, 0.2) is 0 Å². The van der Waals surface area contributed by atoms with Gasteiger partial charge in [0, 0.05) is 36.8 Å². The van der Waals surface area contributed by atoms with E-state index in [1.807, 2.05) is 47.4 Å². The van der Waals surface area contributed by atoms with Crippen molar-refractivity contribution in [3.05, 3.63) is 48.3 Å². The first-order chi connectivity index (χ1) is 11.8. The van der Waals surface area contributed by atoms with E-state index in [0.717, 1.165) is 24.1 Å². The fourth-order valence-electron chi connectivity index (χ4n) is 4.05. The molecule has 0 saturated carbocycles. The van der Waals surface area contributed by atoms with Gasteiger partial charge in [-0.05, 0) is 43.7 Å². The van der Waals surface area contributed by atoms with Gasteiger partial charge in [-0.15, -0.1) is 0 Å². The van der Waals surface area contributed by atoms with Crippen LogP contribution in [0.2, 0.25) is 0 Å². The van der Waals surface area contributed by atoms with Crippen LogP contribution in [0.4, 0.5) is 0 Å². The zero-order valence-electron chi connectivity index (χ0n) is 13.8. The Hall–Kier alpha value is -2.14. The number of carbonyl (C=O) groups is 1. The number of hydrogen-bond acceptors (Lipinski definition) is 3. The summed E-state index contributed by atoms with van der Waals surface area (Å²) in [7, 11) is 0. The zero-order valence-corrected chi connectivity index (χ0v) is 13.8. The van der Waals surface area contributed by atoms with E-state index in [-0.39, 0.29) is 5.91 Å². The van der Waals surface area contributed by atoms with E-state index in [1.54, 1.807) is 0 Å². The zero-order chi connectivity index (χ0) is 16.4. The van der Waals surface area contributed by atoms with E-state index in [0.29, 0.717) is 31.0 Å². The Bertz CT molecular complexity index is 684. The van der Waals surface area contributed by atoms with Gasteiger partial charge < -0.3 is 10.6 Å². The van der Waals surface area contributed by atoms with Crippen LogP contribution < -0.4 is 10.6 Å². The third kappa shape index (κ3) is 3.51. The summed E-state index contributed by atoms with van der Waals surface area (Å²) in [5, 5.41) is 11.0. The molecule has 1 aromatic carbocycles. The van der Waals surface area contributed by atoms with Crippen LogP contribution in [-0.2, 0) is 11.3 Å². The van der Waals surface area contributed by atoms with Gasteiger partial charge in [-0.25, -0.2) is 4.68 Å². The molecule has 3 heterocycles. The van der Waals surface area contributed by atoms with Crippen molar-refractivity contribution in [2.75, 3.05) is 0 Å². The topological polar surface area (TPSA) is 59.0 Å². The summed E-state index contributed by atoms with van der Waals surface area (Å²) in [5.74, 6) is 0.699. The van der Waals surface area contributed by atoms with Crippen molar-refractivity contribution in [3.8, 4) is 5.69 Å². The van der Waals surface area contributed by atoms with Crippen LogP contribution in [0, 0.1) is 5.92 Å². The number of aromatic nitrogens is 2. The maximum absolute atomic E-state index is 12.2. The van der Waals surface area contributed by atoms with Gasteiger partial charge in [0.2, 0.25) is 5.91 Å². The predicted molar refractivity (Wildman–Crippen MR) is 92.7 cm³/mol. The standard InChI is InChI=1S/C19H24N4O/c24-19(10-14-8-16-6-7-17(9-14)22-16)20-11-15-12-21-23(13-15)18-4-2-1-3-5-18/h1-5,12-14,16-17,22H,6-11H2,(H,20,24). The molecule has 24 heavy (non-hydrogen) atoms. The quantitative estimate of drug-likeness (QED) is 0.888. The second-order valence-corrected chi connectivity index (χ2v) is 7.08. The summed E-state index contributed by atoms with van der Waals surface area (Å²) in [6, 6.07) is 11.3. The summed E-state index contributed by atoms with van der Waals surface area (Å²) >= 11 is 0. The molecule has 126 valence electrons. The van der Waals surface area contributed by atoms with E-state index in [4.69, 9.17) is 0 Å². The van der Waals surface area contributed by atoms with Crippen molar-refractivity contribution in [1.82, 2.24) is 20.4 Å². The first kappa shape index (κ1) is 15.4. The van der Waals surface area contributed by atoms with E-state index in [2.05, 4.69) is 15.7 Å². The molecule has 5 nitrogen and oxygen atoms in total. The molecule has 0 aliphatic carbocycles. The van der Waals surface area contributed by atoms with Crippen molar-refractivity contribution in [2.45, 2.75) is 50.7 Å². The molecule has 0 spiro atoms. The van der Waals surface area contributed by atoms with Crippen molar-refractivity contribution in [3.63, 3.8) is 0 Å². The Balaban J connectivity index is 1.28. The monoisotopic (exact) mass is 324 g/mol. The minimum absolute atomic E-state index is 0.161. The van der Waals surface area contributed by atoms with Crippen LogP contribution in [0.15, 0.2) is 42.7 Å². The summed E-state index contributed by atoms with van der Waals surface area (Å²) < 4.78 is 1.84. The maximum Gasteiger partial charge on any atom is 0.220 e. The molecule has 2 aliphatic rings. The molecule has 2 aromatic rings. The van der Waals surface area contributed by atoms with Gasteiger partial charge in [-0.3, -0.25) is 4.79 Å². The average molecular weight is 324 g/mol. The van der Waals surface area contributed by atoms with Crippen molar-refractivity contribution in [2.24, 2.45) is 5.92 Å². The number of fused-ring (bicyclic) bond motifs is 2. The van der Waals surface area contributed by atoms with Crippen molar-refractivity contribution in [1.29, 1.82) is 0 Å². The van der Waals surface area contributed by atoms with E-state index in [1.165, 1.54) is 12.8 Å². The third-order valence-corrected chi connectivity index (χ3v) is 5.19. The lowest BCUT2D eigenvalue weighted by Crippen LogP contribution is -2.39. The highest BCUT2D eigenvalue weighted by Crippen LogP contribution is 2.32. The normalized spacial score (nSPS) is 25.6. The van der Waals surface area contributed by atoms with Gasteiger partial charge in [0.1, 0.15) is 0 Å². The first-order valence-electron chi connectivity index (χ1n) is 8.88. The molecular weight excluding hydrogens is 300 g/mol. The molecule has 0 radical (unpaired) electrons. The van der Waals surface area contributed by atoms with Crippen molar-refractivity contribution < 1.29 is 4.79 Å². The van der Waals surface area contributed by atoms with Crippen LogP contribution in [0.1, 0.15) is 37.7 Å². The van der Waals surface area contributed by atoms with Crippen molar-refractivity contribution >= 4 is 5.91 Å². The Kier molecular flexibility index (Phi) is 4.34. The second kappa shape index (κ2) is 6.77. The van der Waals surface area contributed by atoms with E-state index < -0.39 is 0 Å². The van der Waals surface area contributed by atoms with Gasteiger partial charge in [-0.2, -0.15) is 5.10 Å². The van der Waals surface area contributed by atoms with Gasteiger partial charge in [-0.1, -0.05) is 18.2 Å². The lowest BCUT2D eigenvalue weighted by molar-refractivity contribution is -0.122. The van der Waals surface area contributed by atoms with Gasteiger partial charge in [0.05, 0.1) is 11.9 Å². The molecule has 4 rings (SSSR count). The predicted octanol–water partition coefficient (Wildman–Crippen LogP) is 2.41. The van der Waals surface area contributed by atoms with Crippen LogP contribution in [-0.4, -0.2) is 27.8 Å². The number of hydrogen-bond donors (Lipinski definition) is 2. The molecule has 2 fully saturated rings. The Morgan fingerprint density at radius 3 is 2.71 bits per heavy atom. The molecule has 1 aromatic heterocycles. The Morgan fingerprint density at radius 2 is 1.96 bits per heavy atom. The highest BCUT2D eigenvalue weighted by Gasteiger charge is 2.34. The molecule has 1 amide bonds. The van der Waals surface area contributed by atoms with Gasteiger partial charge in [0.25, 0.3) is 0 Å². The molecular formula is C19H24N4O. The highest BCUT2D eigenvalue weighted by molar-refractivity contribution is 5.76. The SMILES string of the molecule is O=C(CC1CC2CCC(C1)N2)NCc1cnn(-c2ccccc2)c1. The van der Waals surface area contributed by atoms with Crippen LogP contribution in [0.3, 0.4) is 0 Å². The fourth-order valence-corrected chi connectivity index (χ4v) is 4.05. The largest absolute Gasteiger partial charge is 0.352 e. The van der Waals surface area contributed by atoms with Crippen LogP contribution in [0.5, 0.6) is 0 Å². The molecule has 2 saturated heterocycles. The third-order valence-electron chi connectivity index (χ3n) is 5.19. The van der Waals surface area contributed by atoms with Crippen LogP contribution >= 0.6 is 0 Å². The number of nitrogens with one attached hydrogen (secondary N) is 2. The molecule has 2 aliphatic heterocycles. The first-order valence-corrected chi connectivity index (χ1v) is 8.88. The summed E-state index contributed by atoms with van der Waals surface area (Å²) in [6.45, 7) is 0.545. The maximum atomic E-state index is 12.2. The Morgan fingerprint density at radius 1 is 1.21 bits per heavy atom. The minimum atomic E-state index is 0.161. The average Bonchev–Trinajstić information content (AvgIpc) is 3.20. The number of benzene rings is 1. The van der Waals surface area contributed by atoms with E-state index in [9.17, 15) is 4.79 Å². The number of para-hydroxylation sites is 1. The number of nitrogens with zero attached hydrogens (tertiary/aromatic N) is 2. The summed E-state index contributed by atoms with van der Waals surface area (Å²) in [6.07, 6.45) is 9.30. The number of rotatable bonds is 5. The Labute approximate surface area is 142 Å². The van der Waals surface area contributed by atoms with Crippen LogP contribution in [0.25, 0.3) is 5.69 Å². The molecule has 2 atom stereocenters. The number of piperidine rings is 1. The fraction of sp³-hybridized carbons (Fsp3) is 0.474. The lowest BCUT2D eigenvalue weighted by Gasteiger charge is -2.28. The minimum Gasteiger partial charge on any atom is -0.352 e. The smallest absolute Gasteiger partial charge is 0.220 e. The summed E-state index contributed by atoms with van der Waals surface area (Å²) in [5.41, 5.74) is 2.05. The molecule has 2 bridgehead atoms. The lowest BCUT2D eigenvalue weighted by atomic mass is 9.89. The number of amides is 1. The van der Waals surface area contributed by atoms with E-state index >= 15 is 0 Å².